The molecule has 1 amide bonds. The summed E-state index contributed by atoms with van der Waals surface area (Å²) in [6.07, 6.45) is 1.10. The predicted octanol–water partition coefficient (Wildman–Crippen LogP) is 3.49. The van der Waals surface area contributed by atoms with E-state index in [9.17, 15) is 4.79 Å². The van der Waals surface area contributed by atoms with Crippen LogP contribution in [0.1, 0.15) is 34.1 Å². The summed E-state index contributed by atoms with van der Waals surface area (Å²) in [6, 6.07) is 8.31. The van der Waals surface area contributed by atoms with Gasteiger partial charge in [-0.2, -0.15) is 0 Å². The van der Waals surface area contributed by atoms with Crippen LogP contribution in [0.5, 0.6) is 0 Å². The Labute approximate surface area is 104 Å². The van der Waals surface area contributed by atoms with Crippen LogP contribution in [-0.2, 0) is 4.79 Å². The van der Waals surface area contributed by atoms with Gasteiger partial charge in [-0.1, -0.05) is 20.8 Å². The average Bonchev–Trinajstić information content (AvgIpc) is 2.26. The quantitative estimate of drug-likeness (QED) is 0.818. The standard InChI is InChI=1S/C14H22N2O/c1-5-14(10(2)3)16-13-8-6-12(7-9-13)15-11(4)17/h6-10,14,16H,5H2,1-4H3,(H,15,17). The van der Waals surface area contributed by atoms with Gasteiger partial charge in [-0.3, -0.25) is 4.79 Å². The number of carbonyl (C=O) groups excluding carboxylic acids is 1. The monoisotopic (exact) mass is 234 g/mol. The van der Waals surface area contributed by atoms with E-state index >= 15 is 0 Å². The molecular weight excluding hydrogens is 212 g/mol. The van der Waals surface area contributed by atoms with Gasteiger partial charge in [0.15, 0.2) is 0 Å². The Bertz CT molecular complexity index is 357. The first-order valence-corrected chi connectivity index (χ1v) is 6.17. The Morgan fingerprint density at radius 2 is 1.71 bits per heavy atom. The number of rotatable bonds is 5. The van der Waals surface area contributed by atoms with Gasteiger partial charge in [0.05, 0.1) is 0 Å². The van der Waals surface area contributed by atoms with Gasteiger partial charge in [0.1, 0.15) is 0 Å². The summed E-state index contributed by atoms with van der Waals surface area (Å²) in [5, 5.41) is 6.25. The smallest absolute Gasteiger partial charge is 0.221 e. The van der Waals surface area contributed by atoms with Gasteiger partial charge < -0.3 is 10.6 Å². The van der Waals surface area contributed by atoms with Crippen LogP contribution in [0.3, 0.4) is 0 Å². The zero-order valence-electron chi connectivity index (χ0n) is 11.1. The van der Waals surface area contributed by atoms with E-state index in [0.717, 1.165) is 17.8 Å². The molecule has 0 aliphatic heterocycles. The fraction of sp³-hybridized carbons (Fsp3) is 0.500. The van der Waals surface area contributed by atoms with Gasteiger partial charge in [0, 0.05) is 24.3 Å². The molecule has 1 rings (SSSR count). The van der Waals surface area contributed by atoms with Gasteiger partial charge >= 0.3 is 0 Å². The lowest BCUT2D eigenvalue weighted by atomic mass is 10.0. The molecule has 0 heterocycles. The molecule has 0 spiro atoms. The number of amides is 1. The maximum atomic E-state index is 10.9. The number of benzene rings is 1. The zero-order chi connectivity index (χ0) is 12.8. The summed E-state index contributed by atoms with van der Waals surface area (Å²) in [4.78, 5) is 10.9. The van der Waals surface area contributed by atoms with Crippen LogP contribution >= 0.6 is 0 Å². The second-order valence-corrected chi connectivity index (χ2v) is 4.66. The Morgan fingerprint density at radius 1 is 1.18 bits per heavy atom. The number of anilines is 2. The summed E-state index contributed by atoms with van der Waals surface area (Å²) in [6.45, 7) is 8.13. The highest BCUT2D eigenvalue weighted by molar-refractivity contribution is 5.88. The molecule has 1 atom stereocenters. The molecule has 1 aromatic carbocycles. The van der Waals surface area contributed by atoms with Crippen molar-refractivity contribution in [1.82, 2.24) is 0 Å². The van der Waals surface area contributed by atoms with Crippen molar-refractivity contribution in [2.24, 2.45) is 5.92 Å². The number of hydrogen-bond donors (Lipinski definition) is 2. The fourth-order valence-electron chi connectivity index (χ4n) is 1.81. The number of hydrogen-bond acceptors (Lipinski definition) is 2. The summed E-state index contributed by atoms with van der Waals surface area (Å²) >= 11 is 0. The largest absolute Gasteiger partial charge is 0.382 e. The minimum Gasteiger partial charge on any atom is -0.382 e. The molecule has 17 heavy (non-hydrogen) atoms. The van der Waals surface area contributed by atoms with Crippen molar-refractivity contribution in [1.29, 1.82) is 0 Å². The summed E-state index contributed by atoms with van der Waals surface area (Å²) in [5.74, 6) is 0.564. The van der Waals surface area contributed by atoms with Crippen molar-refractivity contribution in [3.8, 4) is 0 Å². The highest BCUT2D eigenvalue weighted by Gasteiger charge is 2.10. The maximum Gasteiger partial charge on any atom is 0.221 e. The minimum absolute atomic E-state index is 0.0423. The summed E-state index contributed by atoms with van der Waals surface area (Å²) in [7, 11) is 0. The molecule has 0 radical (unpaired) electrons. The molecule has 3 nitrogen and oxygen atoms in total. The van der Waals surface area contributed by atoms with Crippen molar-refractivity contribution in [2.45, 2.75) is 40.2 Å². The third-order valence-corrected chi connectivity index (χ3v) is 2.80. The first-order chi connectivity index (χ1) is 8.02. The van der Waals surface area contributed by atoms with Gasteiger partial charge in [-0.15, -0.1) is 0 Å². The van der Waals surface area contributed by atoms with E-state index < -0.39 is 0 Å². The van der Waals surface area contributed by atoms with Crippen LogP contribution < -0.4 is 10.6 Å². The van der Waals surface area contributed by atoms with Crippen LogP contribution in [0.2, 0.25) is 0 Å². The predicted molar refractivity (Wildman–Crippen MR) is 73.3 cm³/mol. The first kappa shape index (κ1) is 13.6. The van der Waals surface area contributed by atoms with E-state index in [1.54, 1.807) is 0 Å². The van der Waals surface area contributed by atoms with Crippen molar-refractivity contribution < 1.29 is 4.79 Å². The molecule has 94 valence electrons. The second-order valence-electron chi connectivity index (χ2n) is 4.66. The van der Waals surface area contributed by atoms with E-state index in [1.165, 1.54) is 6.92 Å². The van der Waals surface area contributed by atoms with Gasteiger partial charge in [0.25, 0.3) is 0 Å². The molecule has 1 unspecified atom stereocenters. The molecule has 0 aliphatic carbocycles. The highest BCUT2D eigenvalue weighted by Crippen LogP contribution is 2.17. The van der Waals surface area contributed by atoms with Crippen LogP contribution in [0.4, 0.5) is 11.4 Å². The minimum atomic E-state index is -0.0423. The Kier molecular flexibility index (Phi) is 5.01. The lowest BCUT2D eigenvalue weighted by molar-refractivity contribution is -0.114. The summed E-state index contributed by atoms with van der Waals surface area (Å²) in [5.41, 5.74) is 1.93. The molecule has 1 aromatic rings. The van der Waals surface area contributed by atoms with Gasteiger partial charge in [-0.25, -0.2) is 0 Å². The van der Waals surface area contributed by atoms with Crippen molar-refractivity contribution >= 4 is 17.3 Å². The van der Waals surface area contributed by atoms with Crippen LogP contribution in [0, 0.1) is 5.92 Å². The highest BCUT2D eigenvalue weighted by atomic mass is 16.1. The topological polar surface area (TPSA) is 41.1 Å². The Balaban J connectivity index is 2.64. The SMILES string of the molecule is CCC(Nc1ccc(NC(C)=O)cc1)C(C)C. The molecule has 0 fully saturated rings. The number of nitrogens with one attached hydrogen (secondary N) is 2. The maximum absolute atomic E-state index is 10.9. The molecule has 0 aromatic heterocycles. The second kappa shape index (κ2) is 6.28. The fourth-order valence-corrected chi connectivity index (χ4v) is 1.81. The molecular formula is C14H22N2O. The van der Waals surface area contributed by atoms with E-state index in [0.29, 0.717) is 12.0 Å². The third-order valence-electron chi connectivity index (χ3n) is 2.80. The van der Waals surface area contributed by atoms with Crippen LogP contribution in [-0.4, -0.2) is 11.9 Å². The summed E-state index contributed by atoms with van der Waals surface area (Å²) < 4.78 is 0. The average molecular weight is 234 g/mol. The van der Waals surface area contributed by atoms with E-state index in [-0.39, 0.29) is 5.91 Å². The Morgan fingerprint density at radius 3 is 2.12 bits per heavy atom. The lowest BCUT2D eigenvalue weighted by Gasteiger charge is -2.22. The molecule has 0 saturated carbocycles. The van der Waals surface area contributed by atoms with Gasteiger partial charge in [-0.05, 0) is 36.6 Å². The van der Waals surface area contributed by atoms with E-state index in [2.05, 4.69) is 31.4 Å². The Hall–Kier alpha value is -1.51. The van der Waals surface area contributed by atoms with Gasteiger partial charge in [0.2, 0.25) is 5.91 Å². The van der Waals surface area contributed by atoms with Crippen molar-refractivity contribution in [2.75, 3.05) is 10.6 Å². The van der Waals surface area contributed by atoms with Crippen LogP contribution in [0.15, 0.2) is 24.3 Å². The van der Waals surface area contributed by atoms with Crippen molar-refractivity contribution in [3.05, 3.63) is 24.3 Å². The molecule has 2 N–H and O–H groups in total. The molecule has 0 bridgehead atoms. The van der Waals surface area contributed by atoms with E-state index in [4.69, 9.17) is 0 Å². The zero-order valence-corrected chi connectivity index (χ0v) is 11.1. The molecule has 3 heteroatoms. The lowest BCUT2D eigenvalue weighted by Crippen LogP contribution is -2.24. The molecule has 0 aliphatic rings. The van der Waals surface area contributed by atoms with Crippen LogP contribution in [0.25, 0.3) is 0 Å². The molecule has 0 saturated heterocycles. The third kappa shape index (κ3) is 4.47. The van der Waals surface area contributed by atoms with E-state index in [1.807, 2.05) is 24.3 Å². The van der Waals surface area contributed by atoms with Crippen molar-refractivity contribution in [3.63, 3.8) is 0 Å². The first-order valence-electron chi connectivity index (χ1n) is 6.17. The number of carbonyl (C=O) groups is 1. The normalized spacial score (nSPS) is 12.3.